The number of carbonyl (C=O) groups excluding carboxylic acids is 2. The van der Waals surface area contributed by atoms with Crippen molar-refractivity contribution in [1.82, 2.24) is 5.32 Å². The van der Waals surface area contributed by atoms with Crippen LogP contribution >= 0.6 is 0 Å². The normalized spacial score (nSPS) is 25.5. The number of hydrogen-bond donors (Lipinski definition) is 1. The summed E-state index contributed by atoms with van der Waals surface area (Å²) < 4.78 is 10.5. The number of amides is 2. The lowest BCUT2D eigenvalue weighted by Crippen LogP contribution is -2.61. The Kier molecular flexibility index (Phi) is 2.58. The maximum Gasteiger partial charge on any atom is 0.250 e. The Morgan fingerprint density at radius 1 is 1.21 bits per heavy atom. The van der Waals surface area contributed by atoms with Gasteiger partial charge in [-0.1, -0.05) is 0 Å². The summed E-state index contributed by atoms with van der Waals surface area (Å²) in [4.78, 5) is 25.5. The standard InChI is InChI=1S/C13H14N2O4/c1-7-13(17)15(8(2)12(16)14-7)9-3-4-10-11(5-9)19-6-18-10/h3-5,7-8H,6H2,1-2H3,(H,14,16). The van der Waals surface area contributed by atoms with Crippen LogP contribution in [-0.4, -0.2) is 30.7 Å². The number of rotatable bonds is 1. The van der Waals surface area contributed by atoms with Gasteiger partial charge in [-0.05, 0) is 26.0 Å². The minimum Gasteiger partial charge on any atom is -0.454 e. The summed E-state index contributed by atoms with van der Waals surface area (Å²) >= 11 is 0. The van der Waals surface area contributed by atoms with E-state index in [1.54, 1.807) is 32.0 Å². The zero-order valence-electron chi connectivity index (χ0n) is 10.7. The number of anilines is 1. The van der Waals surface area contributed by atoms with Crippen molar-refractivity contribution in [2.75, 3.05) is 11.7 Å². The molecule has 1 N–H and O–H groups in total. The van der Waals surface area contributed by atoms with E-state index in [1.165, 1.54) is 4.90 Å². The van der Waals surface area contributed by atoms with E-state index in [4.69, 9.17) is 9.47 Å². The highest BCUT2D eigenvalue weighted by Crippen LogP contribution is 2.36. The first-order valence-electron chi connectivity index (χ1n) is 6.11. The third-order valence-corrected chi connectivity index (χ3v) is 3.37. The fourth-order valence-electron chi connectivity index (χ4n) is 2.30. The van der Waals surface area contributed by atoms with Crippen LogP contribution in [0.15, 0.2) is 18.2 Å². The van der Waals surface area contributed by atoms with E-state index in [0.29, 0.717) is 17.2 Å². The number of ether oxygens (including phenoxy) is 2. The predicted octanol–water partition coefficient (Wildman–Crippen LogP) is 0.655. The van der Waals surface area contributed by atoms with Gasteiger partial charge in [0.2, 0.25) is 18.6 Å². The van der Waals surface area contributed by atoms with E-state index in [9.17, 15) is 9.59 Å². The van der Waals surface area contributed by atoms with Crippen LogP contribution in [0, 0.1) is 0 Å². The van der Waals surface area contributed by atoms with Crippen LogP contribution in [0.25, 0.3) is 0 Å². The molecule has 0 aromatic heterocycles. The zero-order valence-corrected chi connectivity index (χ0v) is 10.7. The molecule has 2 unspecified atom stereocenters. The lowest BCUT2D eigenvalue weighted by Gasteiger charge is -2.36. The van der Waals surface area contributed by atoms with Gasteiger partial charge in [0.1, 0.15) is 12.1 Å². The number of fused-ring (bicyclic) bond motifs is 1. The molecule has 0 bridgehead atoms. The Balaban J connectivity index is 1.99. The SMILES string of the molecule is CC1NC(=O)C(C)N(c2ccc3c(c2)OCO3)C1=O. The average Bonchev–Trinajstić information content (AvgIpc) is 2.84. The number of piperazine rings is 1. The molecule has 3 rings (SSSR count). The molecule has 19 heavy (non-hydrogen) atoms. The lowest BCUT2D eigenvalue weighted by molar-refractivity contribution is -0.133. The minimum absolute atomic E-state index is 0.133. The van der Waals surface area contributed by atoms with Crippen molar-refractivity contribution in [2.45, 2.75) is 25.9 Å². The first-order chi connectivity index (χ1) is 9.08. The monoisotopic (exact) mass is 262 g/mol. The molecule has 0 aliphatic carbocycles. The molecule has 6 heteroatoms. The van der Waals surface area contributed by atoms with E-state index in [0.717, 1.165) is 0 Å². The number of carbonyl (C=O) groups is 2. The van der Waals surface area contributed by atoms with E-state index < -0.39 is 12.1 Å². The predicted molar refractivity (Wildman–Crippen MR) is 67.1 cm³/mol. The summed E-state index contributed by atoms with van der Waals surface area (Å²) in [5, 5.41) is 2.64. The van der Waals surface area contributed by atoms with Crippen molar-refractivity contribution in [3.05, 3.63) is 18.2 Å². The Morgan fingerprint density at radius 3 is 2.74 bits per heavy atom. The minimum atomic E-state index is -0.538. The van der Waals surface area contributed by atoms with Crippen molar-refractivity contribution in [2.24, 2.45) is 0 Å². The van der Waals surface area contributed by atoms with Crippen LogP contribution in [0.1, 0.15) is 13.8 Å². The lowest BCUT2D eigenvalue weighted by atomic mass is 10.1. The molecule has 0 saturated carbocycles. The second kappa shape index (κ2) is 4.15. The van der Waals surface area contributed by atoms with Gasteiger partial charge < -0.3 is 14.8 Å². The van der Waals surface area contributed by atoms with Crippen molar-refractivity contribution < 1.29 is 19.1 Å². The van der Waals surface area contributed by atoms with Gasteiger partial charge in [-0.15, -0.1) is 0 Å². The maximum atomic E-state index is 12.2. The zero-order chi connectivity index (χ0) is 13.6. The first-order valence-corrected chi connectivity index (χ1v) is 6.11. The van der Waals surface area contributed by atoms with Gasteiger partial charge in [-0.3, -0.25) is 14.5 Å². The molecule has 6 nitrogen and oxygen atoms in total. The number of nitrogens with one attached hydrogen (secondary N) is 1. The number of nitrogens with zero attached hydrogens (tertiary/aromatic N) is 1. The first kappa shape index (κ1) is 11.8. The largest absolute Gasteiger partial charge is 0.454 e. The molecular formula is C13H14N2O4. The van der Waals surface area contributed by atoms with Gasteiger partial charge in [-0.2, -0.15) is 0 Å². The highest BCUT2D eigenvalue weighted by atomic mass is 16.7. The Morgan fingerprint density at radius 2 is 1.95 bits per heavy atom. The van der Waals surface area contributed by atoms with E-state index in [2.05, 4.69) is 5.32 Å². The van der Waals surface area contributed by atoms with Crippen LogP contribution in [0.4, 0.5) is 5.69 Å². The molecule has 2 heterocycles. The van der Waals surface area contributed by atoms with Crippen LogP contribution in [0.3, 0.4) is 0 Å². The second-order valence-corrected chi connectivity index (χ2v) is 4.65. The molecule has 100 valence electrons. The fraction of sp³-hybridized carbons (Fsp3) is 0.385. The topological polar surface area (TPSA) is 67.9 Å². The smallest absolute Gasteiger partial charge is 0.250 e. The number of benzene rings is 1. The molecular weight excluding hydrogens is 248 g/mol. The molecule has 0 spiro atoms. The molecule has 0 radical (unpaired) electrons. The maximum absolute atomic E-state index is 12.2. The van der Waals surface area contributed by atoms with Crippen molar-refractivity contribution in [1.29, 1.82) is 0 Å². The third kappa shape index (κ3) is 1.80. The highest BCUT2D eigenvalue weighted by molar-refractivity contribution is 6.08. The van der Waals surface area contributed by atoms with Gasteiger partial charge >= 0.3 is 0 Å². The summed E-state index contributed by atoms with van der Waals surface area (Å²) in [6, 6.07) is 4.17. The van der Waals surface area contributed by atoms with Crippen molar-refractivity contribution in [3.63, 3.8) is 0 Å². The summed E-state index contributed by atoms with van der Waals surface area (Å²) in [6.45, 7) is 3.55. The van der Waals surface area contributed by atoms with Crippen LogP contribution in [0.2, 0.25) is 0 Å². The highest BCUT2D eigenvalue weighted by Gasteiger charge is 2.37. The molecule has 1 saturated heterocycles. The summed E-state index contributed by atoms with van der Waals surface area (Å²) in [7, 11) is 0. The van der Waals surface area contributed by atoms with E-state index >= 15 is 0 Å². The van der Waals surface area contributed by atoms with Crippen LogP contribution in [0.5, 0.6) is 11.5 Å². The molecule has 1 fully saturated rings. The molecule has 2 aliphatic rings. The third-order valence-electron chi connectivity index (χ3n) is 3.37. The van der Waals surface area contributed by atoms with Crippen molar-refractivity contribution in [3.8, 4) is 11.5 Å². The molecule has 2 amide bonds. The molecule has 1 aromatic rings. The molecule has 2 atom stereocenters. The summed E-state index contributed by atoms with van der Waals surface area (Å²) in [5.41, 5.74) is 0.642. The van der Waals surface area contributed by atoms with Crippen molar-refractivity contribution >= 4 is 17.5 Å². The van der Waals surface area contributed by atoms with E-state index in [-0.39, 0.29) is 18.6 Å². The fourth-order valence-corrected chi connectivity index (χ4v) is 2.30. The molecule has 2 aliphatic heterocycles. The molecule has 1 aromatic carbocycles. The number of hydrogen-bond acceptors (Lipinski definition) is 4. The quantitative estimate of drug-likeness (QED) is 0.807. The Bertz CT molecular complexity index is 558. The van der Waals surface area contributed by atoms with Crippen LogP contribution < -0.4 is 19.7 Å². The van der Waals surface area contributed by atoms with Gasteiger partial charge in [0, 0.05) is 11.8 Å². The van der Waals surface area contributed by atoms with E-state index in [1.807, 2.05) is 0 Å². The Hall–Kier alpha value is -2.24. The van der Waals surface area contributed by atoms with Gasteiger partial charge in [0.05, 0.1) is 0 Å². The summed E-state index contributed by atoms with van der Waals surface area (Å²) in [5.74, 6) is 0.949. The second-order valence-electron chi connectivity index (χ2n) is 4.65. The van der Waals surface area contributed by atoms with Crippen LogP contribution in [-0.2, 0) is 9.59 Å². The summed E-state index contributed by atoms with van der Waals surface area (Å²) in [6.07, 6.45) is 0. The van der Waals surface area contributed by atoms with Gasteiger partial charge in [0.25, 0.3) is 0 Å². The van der Waals surface area contributed by atoms with Gasteiger partial charge in [-0.25, -0.2) is 0 Å². The average molecular weight is 262 g/mol. The Labute approximate surface area is 110 Å². The van der Waals surface area contributed by atoms with Gasteiger partial charge in [0.15, 0.2) is 11.5 Å².